The van der Waals surface area contributed by atoms with Gasteiger partial charge in [0.15, 0.2) is 0 Å². The van der Waals surface area contributed by atoms with E-state index < -0.39 is 0 Å². The lowest BCUT2D eigenvalue weighted by atomic mass is 9.98. The Morgan fingerprint density at radius 2 is 2.19 bits per heavy atom. The molecule has 0 aliphatic carbocycles. The Morgan fingerprint density at radius 1 is 1.33 bits per heavy atom. The van der Waals surface area contributed by atoms with E-state index in [0.29, 0.717) is 12.3 Å². The third kappa shape index (κ3) is 3.88. The Morgan fingerprint density at radius 3 is 2.95 bits per heavy atom. The van der Waals surface area contributed by atoms with Gasteiger partial charge in [-0.05, 0) is 48.5 Å². The van der Waals surface area contributed by atoms with E-state index in [0.717, 1.165) is 29.8 Å². The number of hydrogen-bond donors (Lipinski definition) is 2. The number of carbonyl (C=O) groups is 1. The van der Waals surface area contributed by atoms with Crippen LogP contribution in [0.5, 0.6) is 0 Å². The van der Waals surface area contributed by atoms with E-state index in [1.807, 2.05) is 42.1 Å². The normalized spacial score (nSPS) is 15.8. The molecule has 1 amide bonds. The van der Waals surface area contributed by atoms with Crippen LogP contribution in [0.3, 0.4) is 0 Å². The summed E-state index contributed by atoms with van der Waals surface area (Å²) in [5.74, 6) is 3.04. The third-order valence-electron chi connectivity index (χ3n) is 3.77. The summed E-state index contributed by atoms with van der Waals surface area (Å²) >= 11 is 1.99. The maximum absolute atomic E-state index is 12.1. The number of amides is 1. The summed E-state index contributed by atoms with van der Waals surface area (Å²) in [6, 6.07) is 9.77. The molecule has 1 saturated heterocycles. The number of hydrogen-bond acceptors (Lipinski definition) is 3. The molecule has 3 rings (SSSR count). The highest BCUT2D eigenvalue weighted by atomic mass is 32.2. The molecule has 2 aromatic rings. The number of anilines is 1. The van der Waals surface area contributed by atoms with Crippen molar-refractivity contribution in [3.63, 3.8) is 0 Å². The first-order valence-electron chi connectivity index (χ1n) is 7.28. The fourth-order valence-corrected chi connectivity index (χ4v) is 3.81. The van der Waals surface area contributed by atoms with Crippen molar-refractivity contribution in [2.45, 2.75) is 19.3 Å². The topological polar surface area (TPSA) is 57.8 Å². The molecule has 2 N–H and O–H groups in total. The molecule has 4 nitrogen and oxygen atoms in total. The molecule has 21 heavy (non-hydrogen) atoms. The Hall–Kier alpha value is -1.75. The van der Waals surface area contributed by atoms with E-state index in [4.69, 9.17) is 0 Å². The molecule has 1 aromatic heterocycles. The summed E-state index contributed by atoms with van der Waals surface area (Å²) in [5, 5.41) is 9.90. The second kappa shape index (κ2) is 6.80. The molecule has 110 valence electrons. The monoisotopic (exact) mass is 301 g/mol. The second-order valence-corrected chi connectivity index (χ2v) is 6.58. The number of nitrogens with one attached hydrogen (secondary N) is 2. The van der Waals surface area contributed by atoms with Crippen molar-refractivity contribution in [2.75, 3.05) is 16.8 Å². The summed E-state index contributed by atoms with van der Waals surface area (Å²) in [5.41, 5.74) is 2.83. The van der Waals surface area contributed by atoms with Gasteiger partial charge in [-0.2, -0.15) is 16.9 Å². The Bertz CT molecular complexity index is 591. The molecule has 5 heteroatoms. The minimum atomic E-state index is 0.119. The maximum Gasteiger partial charge on any atom is 0.224 e. The van der Waals surface area contributed by atoms with E-state index in [2.05, 4.69) is 15.5 Å². The highest BCUT2D eigenvalue weighted by molar-refractivity contribution is 7.99. The molecule has 0 saturated carbocycles. The number of nitrogens with zero attached hydrogens (tertiary/aromatic N) is 1. The molecule has 0 atom stereocenters. The summed E-state index contributed by atoms with van der Waals surface area (Å²) in [6.45, 7) is 0. The SMILES string of the molecule is O=C(CC1CCSCC1)Nc1cccc(-c2ccn[nH]2)c1. The summed E-state index contributed by atoms with van der Waals surface area (Å²) < 4.78 is 0. The van der Waals surface area contributed by atoms with Crippen LogP contribution in [0.2, 0.25) is 0 Å². The fraction of sp³-hybridized carbons (Fsp3) is 0.375. The number of thioether (sulfide) groups is 1. The lowest BCUT2D eigenvalue weighted by Gasteiger charge is -2.20. The lowest BCUT2D eigenvalue weighted by molar-refractivity contribution is -0.117. The summed E-state index contributed by atoms with van der Waals surface area (Å²) in [7, 11) is 0. The third-order valence-corrected chi connectivity index (χ3v) is 4.82. The van der Waals surface area contributed by atoms with Crippen LogP contribution in [0.15, 0.2) is 36.5 Å². The number of aromatic amines is 1. The van der Waals surface area contributed by atoms with Gasteiger partial charge in [0.1, 0.15) is 0 Å². The van der Waals surface area contributed by atoms with Crippen LogP contribution in [0.4, 0.5) is 5.69 Å². The van der Waals surface area contributed by atoms with Gasteiger partial charge in [-0.3, -0.25) is 9.89 Å². The van der Waals surface area contributed by atoms with Gasteiger partial charge in [0.25, 0.3) is 0 Å². The minimum Gasteiger partial charge on any atom is -0.326 e. The van der Waals surface area contributed by atoms with Crippen molar-refractivity contribution >= 4 is 23.4 Å². The average Bonchev–Trinajstić information content (AvgIpc) is 3.02. The predicted octanol–water partition coefficient (Wildman–Crippen LogP) is 3.55. The predicted molar refractivity (Wildman–Crippen MR) is 87.3 cm³/mol. The van der Waals surface area contributed by atoms with E-state index in [9.17, 15) is 4.79 Å². The molecule has 0 unspecified atom stereocenters. The Balaban J connectivity index is 1.62. The van der Waals surface area contributed by atoms with Crippen molar-refractivity contribution in [2.24, 2.45) is 5.92 Å². The zero-order chi connectivity index (χ0) is 14.5. The molecule has 1 aromatic carbocycles. The zero-order valence-electron chi connectivity index (χ0n) is 11.8. The molecular formula is C16H19N3OS. The smallest absolute Gasteiger partial charge is 0.224 e. The van der Waals surface area contributed by atoms with Crippen LogP contribution in [-0.4, -0.2) is 27.6 Å². The highest BCUT2D eigenvalue weighted by Gasteiger charge is 2.17. The van der Waals surface area contributed by atoms with E-state index in [1.54, 1.807) is 6.20 Å². The molecular weight excluding hydrogens is 282 g/mol. The first-order valence-corrected chi connectivity index (χ1v) is 8.44. The molecule has 0 radical (unpaired) electrons. The van der Waals surface area contributed by atoms with Crippen molar-refractivity contribution in [3.8, 4) is 11.3 Å². The molecule has 0 bridgehead atoms. The van der Waals surface area contributed by atoms with Crippen LogP contribution < -0.4 is 5.32 Å². The molecule has 2 heterocycles. The van der Waals surface area contributed by atoms with Crippen molar-refractivity contribution in [1.29, 1.82) is 0 Å². The number of aromatic nitrogens is 2. The number of H-pyrrole nitrogens is 1. The first-order chi connectivity index (χ1) is 10.3. The highest BCUT2D eigenvalue weighted by Crippen LogP contribution is 2.26. The Kier molecular flexibility index (Phi) is 4.60. The van der Waals surface area contributed by atoms with Crippen LogP contribution in [0, 0.1) is 5.92 Å². The van der Waals surface area contributed by atoms with Gasteiger partial charge in [-0.1, -0.05) is 12.1 Å². The molecule has 1 aliphatic heterocycles. The number of benzene rings is 1. The quantitative estimate of drug-likeness (QED) is 0.908. The molecule has 1 aliphatic rings. The van der Waals surface area contributed by atoms with E-state index in [-0.39, 0.29) is 5.91 Å². The minimum absolute atomic E-state index is 0.119. The summed E-state index contributed by atoms with van der Waals surface area (Å²) in [6.07, 6.45) is 4.68. The number of carbonyl (C=O) groups excluding carboxylic acids is 1. The molecule has 0 spiro atoms. The number of rotatable bonds is 4. The van der Waals surface area contributed by atoms with Crippen LogP contribution >= 0.6 is 11.8 Å². The lowest BCUT2D eigenvalue weighted by Crippen LogP contribution is -2.19. The summed E-state index contributed by atoms with van der Waals surface area (Å²) in [4.78, 5) is 12.1. The van der Waals surface area contributed by atoms with E-state index >= 15 is 0 Å². The van der Waals surface area contributed by atoms with Gasteiger partial charge in [-0.25, -0.2) is 0 Å². The van der Waals surface area contributed by atoms with E-state index in [1.165, 1.54) is 11.5 Å². The standard InChI is InChI=1S/C16H19N3OS/c20-16(10-12-5-8-21-9-6-12)18-14-3-1-2-13(11-14)15-4-7-17-19-15/h1-4,7,11-12H,5-6,8-10H2,(H,17,19)(H,18,20). The van der Waals surface area contributed by atoms with Crippen LogP contribution in [0.25, 0.3) is 11.3 Å². The first kappa shape index (κ1) is 14.2. The fourth-order valence-electron chi connectivity index (χ4n) is 2.61. The van der Waals surface area contributed by atoms with Crippen molar-refractivity contribution < 1.29 is 4.79 Å². The van der Waals surface area contributed by atoms with Gasteiger partial charge < -0.3 is 5.32 Å². The zero-order valence-corrected chi connectivity index (χ0v) is 12.7. The maximum atomic E-state index is 12.1. The average molecular weight is 301 g/mol. The largest absolute Gasteiger partial charge is 0.326 e. The van der Waals surface area contributed by atoms with Crippen LogP contribution in [0.1, 0.15) is 19.3 Å². The van der Waals surface area contributed by atoms with Gasteiger partial charge >= 0.3 is 0 Å². The van der Waals surface area contributed by atoms with Crippen molar-refractivity contribution in [1.82, 2.24) is 10.2 Å². The van der Waals surface area contributed by atoms with Gasteiger partial charge in [0.05, 0.1) is 5.69 Å². The molecule has 1 fully saturated rings. The second-order valence-electron chi connectivity index (χ2n) is 5.36. The Labute approximate surface area is 128 Å². The van der Waals surface area contributed by atoms with Crippen molar-refractivity contribution in [3.05, 3.63) is 36.5 Å². The van der Waals surface area contributed by atoms with Gasteiger partial charge in [0.2, 0.25) is 5.91 Å². The van der Waals surface area contributed by atoms with Crippen LogP contribution in [-0.2, 0) is 4.79 Å². The van der Waals surface area contributed by atoms with Gasteiger partial charge in [0, 0.05) is 23.9 Å². The van der Waals surface area contributed by atoms with Gasteiger partial charge in [-0.15, -0.1) is 0 Å².